The molecule has 2 heterocycles. The Morgan fingerprint density at radius 3 is 2.42 bits per heavy atom. The number of nitrogens with zero attached hydrogens (tertiary/aromatic N) is 2. The number of hydrogen-bond donors (Lipinski definition) is 0. The number of thioether (sulfide) groups is 1. The third-order valence-electron chi connectivity index (χ3n) is 4.63. The number of carbonyl (C=O) groups excluding carboxylic acids is 3. The molecule has 0 saturated carbocycles. The normalized spacial score (nSPS) is 24.5. The highest BCUT2D eigenvalue weighted by Gasteiger charge is 2.63. The van der Waals surface area contributed by atoms with E-state index in [2.05, 4.69) is 0 Å². The van der Waals surface area contributed by atoms with E-state index < -0.39 is 16.0 Å². The molecule has 0 aliphatic carbocycles. The monoisotopic (exact) mass is 386 g/mol. The number of fused-ring (bicyclic) bond motifs is 2. The van der Waals surface area contributed by atoms with Crippen molar-refractivity contribution < 1.29 is 14.4 Å². The third kappa shape index (κ3) is 2.15. The van der Waals surface area contributed by atoms with Gasteiger partial charge in [0.2, 0.25) is 16.7 Å². The van der Waals surface area contributed by atoms with Gasteiger partial charge < -0.3 is 0 Å². The number of anilines is 2. The zero-order chi connectivity index (χ0) is 18.6. The predicted octanol–water partition coefficient (Wildman–Crippen LogP) is 3.55. The van der Waals surface area contributed by atoms with Gasteiger partial charge in [-0.15, -0.1) is 11.8 Å². The standard InChI is InChI=1S/C19H15ClN2O3S/c1-11-17(24)22(14-9-7-13(20)8-10-14)19(26-11)15-5-3-4-6-16(15)21(12(2)23)18(19)25/h3-11H,1-2H3/t11-,19-/m0/s1. The van der Waals surface area contributed by atoms with Crippen molar-refractivity contribution in [2.75, 3.05) is 9.80 Å². The van der Waals surface area contributed by atoms with Gasteiger partial charge >= 0.3 is 0 Å². The van der Waals surface area contributed by atoms with Crippen molar-refractivity contribution in [3.8, 4) is 0 Å². The summed E-state index contributed by atoms with van der Waals surface area (Å²) >= 11 is 7.24. The molecule has 0 N–H and O–H groups in total. The molecule has 0 unspecified atom stereocenters. The number of carbonyl (C=O) groups is 3. The molecule has 2 aromatic rings. The highest BCUT2D eigenvalue weighted by atomic mass is 35.5. The smallest absolute Gasteiger partial charge is 0.275 e. The fourth-order valence-corrected chi connectivity index (χ4v) is 5.21. The number of hydrogen-bond acceptors (Lipinski definition) is 4. The van der Waals surface area contributed by atoms with Crippen LogP contribution in [0.3, 0.4) is 0 Å². The second kappa shape index (κ2) is 5.86. The first-order chi connectivity index (χ1) is 12.4. The van der Waals surface area contributed by atoms with E-state index in [0.29, 0.717) is 22.0 Å². The van der Waals surface area contributed by atoms with Crippen molar-refractivity contribution in [2.45, 2.75) is 24.0 Å². The van der Waals surface area contributed by atoms with Gasteiger partial charge in [-0.25, -0.2) is 4.90 Å². The van der Waals surface area contributed by atoms with E-state index in [0.717, 1.165) is 4.90 Å². The van der Waals surface area contributed by atoms with Crippen molar-refractivity contribution >= 4 is 52.5 Å². The summed E-state index contributed by atoms with van der Waals surface area (Å²) in [5.74, 6) is -0.960. The second-order valence-corrected chi connectivity index (χ2v) is 8.20. The fourth-order valence-electron chi connectivity index (χ4n) is 3.57. The molecule has 2 aromatic carbocycles. The molecule has 132 valence electrons. The molecule has 2 aliphatic heterocycles. The van der Waals surface area contributed by atoms with Gasteiger partial charge in [0.05, 0.1) is 10.9 Å². The Bertz CT molecular complexity index is 946. The molecule has 5 nitrogen and oxygen atoms in total. The van der Waals surface area contributed by atoms with Crippen molar-refractivity contribution in [2.24, 2.45) is 0 Å². The van der Waals surface area contributed by atoms with Crippen LogP contribution in [0.4, 0.5) is 11.4 Å². The molecule has 0 aromatic heterocycles. The van der Waals surface area contributed by atoms with Gasteiger partial charge in [0, 0.05) is 23.2 Å². The molecule has 2 aliphatic rings. The average molecular weight is 387 g/mol. The minimum atomic E-state index is -1.29. The van der Waals surface area contributed by atoms with Crippen LogP contribution >= 0.6 is 23.4 Å². The van der Waals surface area contributed by atoms with E-state index in [9.17, 15) is 14.4 Å². The SMILES string of the molecule is CC(=O)N1C(=O)[C@@]2(S[C@@H](C)C(=O)N2c2ccc(Cl)cc2)c2ccccc21. The Morgan fingerprint density at radius 2 is 1.77 bits per heavy atom. The van der Waals surface area contributed by atoms with Gasteiger partial charge in [0.25, 0.3) is 5.91 Å². The van der Waals surface area contributed by atoms with Gasteiger partial charge in [0.15, 0.2) is 0 Å². The minimum absolute atomic E-state index is 0.175. The van der Waals surface area contributed by atoms with Gasteiger partial charge in [0.1, 0.15) is 0 Å². The summed E-state index contributed by atoms with van der Waals surface area (Å²) in [5, 5.41) is 0.119. The summed E-state index contributed by atoms with van der Waals surface area (Å²) in [6.07, 6.45) is 0. The lowest BCUT2D eigenvalue weighted by atomic mass is 10.0. The van der Waals surface area contributed by atoms with Crippen molar-refractivity contribution in [3.63, 3.8) is 0 Å². The maximum absolute atomic E-state index is 13.4. The first-order valence-corrected chi connectivity index (χ1v) is 9.36. The lowest BCUT2D eigenvalue weighted by molar-refractivity contribution is -0.128. The topological polar surface area (TPSA) is 57.7 Å². The molecule has 26 heavy (non-hydrogen) atoms. The molecule has 1 saturated heterocycles. The van der Waals surface area contributed by atoms with Crippen LogP contribution in [0.15, 0.2) is 48.5 Å². The van der Waals surface area contributed by atoms with E-state index in [1.54, 1.807) is 49.4 Å². The van der Waals surface area contributed by atoms with Crippen LogP contribution in [0, 0.1) is 0 Å². The minimum Gasteiger partial charge on any atom is -0.283 e. The Hall–Kier alpha value is -2.31. The van der Waals surface area contributed by atoms with Gasteiger partial charge in [-0.05, 0) is 37.3 Å². The first kappa shape index (κ1) is 17.1. The average Bonchev–Trinajstić information content (AvgIpc) is 3.02. The van der Waals surface area contributed by atoms with Gasteiger partial charge in [-0.3, -0.25) is 19.3 Å². The highest BCUT2D eigenvalue weighted by Crippen LogP contribution is 2.57. The van der Waals surface area contributed by atoms with Gasteiger partial charge in [-0.1, -0.05) is 29.8 Å². The third-order valence-corrected chi connectivity index (χ3v) is 6.36. The van der Waals surface area contributed by atoms with Crippen molar-refractivity contribution in [3.05, 3.63) is 59.1 Å². The summed E-state index contributed by atoms with van der Waals surface area (Å²) in [4.78, 5) is 40.0. The number of para-hydroxylation sites is 1. The maximum Gasteiger partial charge on any atom is 0.275 e. The quantitative estimate of drug-likeness (QED) is 0.752. The molecular weight excluding hydrogens is 372 g/mol. The summed E-state index contributed by atoms with van der Waals surface area (Å²) in [7, 11) is 0. The van der Waals surface area contributed by atoms with Crippen LogP contribution in [0.5, 0.6) is 0 Å². The van der Waals surface area contributed by atoms with Crippen LogP contribution in [-0.4, -0.2) is 23.0 Å². The maximum atomic E-state index is 13.4. The Balaban J connectivity index is 1.98. The largest absolute Gasteiger partial charge is 0.283 e. The summed E-state index contributed by atoms with van der Waals surface area (Å²) in [5.41, 5.74) is 1.75. The number of rotatable bonds is 1. The van der Waals surface area contributed by atoms with E-state index >= 15 is 0 Å². The summed E-state index contributed by atoms with van der Waals surface area (Å²) < 4.78 is 0. The Morgan fingerprint density at radius 1 is 1.12 bits per heavy atom. The van der Waals surface area contributed by atoms with E-state index in [1.165, 1.54) is 23.6 Å². The number of amides is 3. The molecule has 4 rings (SSSR count). The van der Waals surface area contributed by atoms with Crippen LogP contribution in [0.25, 0.3) is 0 Å². The molecular formula is C19H15ClN2O3S. The van der Waals surface area contributed by atoms with Crippen LogP contribution in [0.2, 0.25) is 5.02 Å². The molecule has 0 bridgehead atoms. The predicted molar refractivity (Wildman–Crippen MR) is 102 cm³/mol. The molecule has 0 radical (unpaired) electrons. The molecule has 3 amide bonds. The summed E-state index contributed by atoms with van der Waals surface area (Å²) in [6.45, 7) is 3.13. The van der Waals surface area contributed by atoms with Crippen molar-refractivity contribution in [1.29, 1.82) is 0 Å². The fraction of sp³-hybridized carbons (Fsp3) is 0.211. The molecule has 1 spiro atoms. The highest BCUT2D eigenvalue weighted by molar-refractivity contribution is 8.03. The lowest BCUT2D eigenvalue weighted by Gasteiger charge is -2.32. The number of benzene rings is 2. The first-order valence-electron chi connectivity index (χ1n) is 8.10. The molecule has 7 heteroatoms. The zero-order valence-electron chi connectivity index (χ0n) is 14.1. The van der Waals surface area contributed by atoms with Crippen LogP contribution in [-0.2, 0) is 19.3 Å². The summed E-state index contributed by atoms with van der Waals surface area (Å²) in [6, 6.07) is 13.9. The second-order valence-electron chi connectivity index (χ2n) is 6.23. The molecule has 1 fully saturated rings. The van der Waals surface area contributed by atoms with Crippen molar-refractivity contribution in [1.82, 2.24) is 0 Å². The molecule has 2 atom stereocenters. The number of imide groups is 1. The van der Waals surface area contributed by atoms with E-state index in [-0.39, 0.29) is 11.8 Å². The van der Waals surface area contributed by atoms with E-state index in [1.807, 2.05) is 6.07 Å². The Labute approximate surface area is 159 Å². The van der Waals surface area contributed by atoms with Crippen LogP contribution < -0.4 is 9.80 Å². The van der Waals surface area contributed by atoms with Crippen LogP contribution in [0.1, 0.15) is 19.4 Å². The zero-order valence-corrected chi connectivity index (χ0v) is 15.7. The Kier molecular flexibility index (Phi) is 3.86. The van der Waals surface area contributed by atoms with E-state index in [4.69, 9.17) is 11.6 Å². The number of halogens is 1. The van der Waals surface area contributed by atoms with Gasteiger partial charge in [-0.2, -0.15) is 0 Å². The lowest BCUT2D eigenvalue weighted by Crippen LogP contribution is -2.50.